The number of likely N-dealkylation sites (N-methyl/N-ethyl adjacent to an activating group) is 1. The molecule has 86 valence electrons. The van der Waals surface area contributed by atoms with Crippen LogP contribution in [0.3, 0.4) is 0 Å². The molecule has 1 aliphatic carbocycles. The third-order valence-electron chi connectivity index (χ3n) is 3.40. The number of nitrogens with zero attached hydrogens (tertiary/aromatic N) is 1. The summed E-state index contributed by atoms with van der Waals surface area (Å²) in [5.74, 6) is 0.646. The minimum absolute atomic E-state index is 0.646. The van der Waals surface area contributed by atoms with Crippen molar-refractivity contribution < 1.29 is 0 Å². The molecule has 0 saturated heterocycles. The van der Waals surface area contributed by atoms with Crippen LogP contribution < -0.4 is 0 Å². The Bertz CT molecular complexity index is 380. The lowest BCUT2D eigenvalue weighted by molar-refractivity contribution is 0.404. The van der Waals surface area contributed by atoms with Gasteiger partial charge in [0.1, 0.15) is 0 Å². The first kappa shape index (κ1) is 11.3. The van der Waals surface area contributed by atoms with E-state index in [1.54, 1.807) is 0 Å². The van der Waals surface area contributed by atoms with E-state index >= 15 is 0 Å². The van der Waals surface area contributed by atoms with Crippen molar-refractivity contribution in [3.05, 3.63) is 47.2 Å². The molecule has 16 heavy (non-hydrogen) atoms. The van der Waals surface area contributed by atoms with Gasteiger partial charge in [-0.1, -0.05) is 43.7 Å². The number of rotatable bonds is 2. The lowest BCUT2D eigenvalue weighted by Gasteiger charge is -2.28. The van der Waals surface area contributed by atoms with E-state index in [4.69, 9.17) is 0 Å². The number of hydrogen-bond donors (Lipinski definition) is 0. The van der Waals surface area contributed by atoms with E-state index in [9.17, 15) is 0 Å². The molecule has 1 aliphatic heterocycles. The van der Waals surface area contributed by atoms with Gasteiger partial charge in [0.2, 0.25) is 0 Å². The molecular formula is C15H21N. The van der Waals surface area contributed by atoms with Crippen molar-refractivity contribution in [3.63, 3.8) is 0 Å². The molecule has 0 radical (unpaired) electrons. The molecule has 2 aliphatic rings. The molecule has 0 amide bonds. The van der Waals surface area contributed by atoms with Gasteiger partial charge in [-0.25, -0.2) is 0 Å². The van der Waals surface area contributed by atoms with Crippen molar-refractivity contribution in [2.24, 2.45) is 5.92 Å². The molecule has 2 rings (SSSR count). The van der Waals surface area contributed by atoms with Crippen molar-refractivity contribution in [2.75, 3.05) is 13.1 Å². The maximum atomic E-state index is 2.42. The minimum atomic E-state index is 0.646. The number of hydrogen-bond acceptors (Lipinski definition) is 1. The van der Waals surface area contributed by atoms with Gasteiger partial charge >= 0.3 is 0 Å². The molecule has 1 nitrogen and oxygen atoms in total. The molecule has 0 unspecified atom stereocenters. The van der Waals surface area contributed by atoms with Crippen molar-refractivity contribution in [1.82, 2.24) is 4.90 Å². The van der Waals surface area contributed by atoms with Crippen LogP contribution in [0.4, 0.5) is 0 Å². The molecule has 1 heteroatoms. The summed E-state index contributed by atoms with van der Waals surface area (Å²) in [5, 5.41) is 0. The fourth-order valence-electron chi connectivity index (χ4n) is 2.26. The van der Waals surface area contributed by atoms with Gasteiger partial charge in [0.15, 0.2) is 0 Å². The van der Waals surface area contributed by atoms with Gasteiger partial charge in [-0.3, -0.25) is 0 Å². The summed E-state index contributed by atoms with van der Waals surface area (Å²) in [6.07, 6.45) is 12.6. The van der Waals surface area contributed by atoms with Crippen molar-refractivity contribution >= 4 is 0 Å². The zero-order valence-electron chi connectivity index (χ0n) is 10.5. The first-order valence-electron chi connectivity index (χ1n) is 6.25. The van der Waals surface area contributed by atoms with Gasteiger partial charge in [-0.05, 0) is 30.9 Å². The third-order valence-corrected chi connectivity index (χ3v) is 3.40. The molecule has 0 aromatic carbocycles. The largest absolute Gasteiger partial charge is 0.368 e. The van der Waals surface area contributed by atoms with Gasteiger partial charge in [0.05, 0.1) is 0 Å². The lowest BCUT2D eigenvalue weighted by Crippen LogP contribution is -2.26. The fourth-order valence-corrected chi connectivity index (χ4v) is 2.26. The smallest absolute Gasteiger partial charge is 0.0439 e. The molecular weight excluding hydrogens is 194 g/mol. The minimum Gasteiger partial charge on any atom is -0.368 e. The summed E-state index contributed by atoms with van der Waals surface area (Å²) in [6, 6.07) is 0. The zero-order valence-corrected chi connectivity index (χ0v) is 10.5. The van der Waals surface area contributed by atoms with Crippen LogP contribution in [0.25, 0.3) is 0 Å². The maximum Gasteiger partial charge on any atom is 0.0439 e. The van der Waals surface area contributed by atoms with Crippen LogP contribution in [0, 0.1) is 5.92 Å². The normalized spacial score (nSPS) is 20.0. The number of fused-ring (bicyclic) bond motifs is 1. The van der Waals surface area contributed by atoms with Crippen molar-refractivity contribution in [1.29, 1.82) is 0 Å². The van der Waals surface area contributed by atoms with E-state index in [0.29, 0.717) is 5.92 Å². The lowest BCUT2D eigenvalue weighted by atomic mass is 9.99. The molecule has 0 saturated carbocycles. The topological polar surface area (TPSA) is 3.24 Å². The van der Waals surface area contributed by atoms with Gasteiger partial charge < -0.3 is 4.90 Å². The molecule has 0 fully saturated rings. The summed E-state index contributed by atoms with van der Waals surface area (Å²) >= 11 is 0. The fraction of sp³-hybridized carbons (Fsp3) is 0.467. The van der Waals surface area contributed by atoms with Gasteiger partial charge in [0.25, 0.3) is 0 Å². The second-order valence-electron chi connectivity index (χ2n) is 4.75. The first-order valence-corrected chi connectivity index (χ1v) is 6.25. The van der Waals surface area contributed by atoms with E-state index in [1.165, 1.54) is 16.8 Å². The molecule has 0 spiro atoms. The molecule has 1 heterocycles. The van der Waals surface area contributed by atoms with Gasteiger partial charge in [-0.2, -0.15) is 0 Å². The Labute approximate surface area is 98.8 Å². The van der Waals surface area contributed by atoms with Crippen LogP contribution in [0.15, 0.2) is 47.2 Å². The molecule has 0 aromatic rings. The highest BCUT2D eigenvalue weighted by Crippen LogP contribution is 2.27. The Morgan fingerprint density at radius 1 is 1.31 bits per heavy atom. The number of allylic oxidation sites excluding steroid dienone is 5. The summed E-state index contributed by atoms with van der Waals surface area (Å²) < 4.78 is 0. The van der Waals surface area contributed by atoms with E-state index in [1.807, 2.05) is 0 Å². The monoisotopic (exact) mass is 215 g/mol. The van der Waals surface area contributed by atoms with Gasteiger partial charge in [-0.15, -0.1) is 0 Å². The molecule has 0 N–H and O–H groups in total. The van der Waals surface area contributed by atoms with E-state index < -0.39 is 0 Å². The van der Waals surface area contributed by atoms with Crippen molar-refractivity contribution in [3.8, 4) is 0 Å². The van der Waals surface area contributed by atoms with Crippen LogP contribution in [-0.2, 0) is 0 Å². The summed E-state index contributed by atoms with van der Waals surface area (Å²) in [6.45, 7) is 8.88. The second-order valence-corrected chi connectivity index (χ2v) is 4.75. The van der Waals surface area contributed by atoms with Crippen LogP contribution in [0.2, 0.25) is 0 Å². The highest BCUT2D eigenvalue weighted by Gasteiger charge is 2.15. The Morgan fingerprint density at radius 3 is 2.81 bits per heavy atom. The Kier molecular flexibility index (Phi) is 3.33. The third kappa shape index (κ3) is 2.13. The summed E-state index contributed by atoms with van der Waals surface area (Å²) in [5.41, 5.74) is 4.31. The van der Waals surface area contributed by atoms with E-state index in [2.05, 4.69) is 56.1 Å². The highest BCUT2D eigenvalue weighted by atomic mass is 15.1. The predicted octanol–water partition coefficient (Wildman–Crippen LogP) is 3.67. The Hall–Kier alpha value is -1.24. The summed E-state index contributed by atoms with van der Waals surface area (Å²) in [4.78, 5) is 2.42. The highest BCUT2D eigenvalue weighted by molar-refractivity contribution is 5.46. The van der Waals surface area contributed by atoms with E-state index in [-0.39, 0.29) is 0 Å². The second kappa shape index (κ2) is 4.73. The first-order chi connectivity index (χ1) is 7.72. The van der Waals surface area contributed by atoms with Gasteiger partial charge in [0, 0.05) is 18.8 Å². The molecule has 0 bridgehead atoms. The average molecular weight is 215 g/mol. The average Bonchev–Trinajstić information content (AvgIpc) is 2.50. The summed E-state index contributed by atoms with van der Waals surface area (Å²) in [7, 11) is 0. The van der Waals surface area contributed by atoms with Crippen LogP contribution >= 0.6 is 0 Å². The Balaban J connectivity index is 2.33. The quantitative estimate of drug-likeness (QED) is 0.679. The van der Waals surface area contributed by atoms with Crippen LogP contribution in [-0.4, -0.2) is 18.0 Å². The SMILES string of the molecule is CCN1CC=CC2=CCC(C(C)C)=CC=C21. The predicted molar refractivity (Wildman–Crippen MR) is 70.1 cm³/mol. The zero-order chi connectivity index (χ0) is 11.5. The van der Waals surface area contributed by atoms with Crippen LogP contribution in [0.1, 0.15) is 27.2 Å². The maximum absolute atomic E-state index is 2.42. The standard InChI is InChI=1S/C15H21N/c1-4-16-11-5-6-14-8-7-13(12(2)3)9-10-15(14)16/h5-6,8-10,12H,4,7,11H2,1-3H3. The molecule has 0 aromatic heterocycles. The van der Waals surface area contributed by atoms with Crippen molar-refractivity contribution in [2.45, 2.75) is 27.2 Å². The van der Waals surface area contributed by atoms with E-state index in [0.717, 1.165) is 19.5 Å². The van der Waals surface area contributed by atoms with Crippen LogP contribution in [0.5, 0.6) is 0 Å². The Morgan fingerprint density at radius 2 is 2.12 bits per heavy atom. The molecule has 0 atom stereocenters.